The number of nitrogens with two attached hydrogens (primary N) is 2. The van der Waals surface area contributed by atoms with Gasteiger partial charge in [-0.2, -0.15) is 13.1 Å². The minimum atomic E-state index is -4.33. The van der Waals surface area contributed by atoms with Crippen LogP contribution in [0.3, 0.4) is 0 Å². The van der Waals surface area contributed by atoms with Crippen molar-refractivity contribution in [1.82, 2.24) is 15.4 Å². The van der Waals surface area contributed by atoms with Gasteiger partial charge in [-0.25, -0.2) is 5.14 Å². The molecule has 8 N–H and O–H groups in total. The first-order chi connectivity index (χ1) is 18.6. The van der Waals surface area contributed by atoms with Gasteiger partial charge in [0.05, 0.1) is 6.04 Å². The lowest BCUT2D eigenvalue weighted by molar-refractivity contribution is -0.130. The highest BCUT2D eigenvalue weighted by Crippen LogP contribution is 2.30. The summed E-state index contributed by atoms with van der Waals surface area (Å²) >= 11 is 0. The lowest BCUT2D eigenvalue weighted by atomic mass is 9.84. The Morgan fingerprint density at radius 3 is 1.92 bits per heavy atom. The number of benzene rings is 3. The largest absolute Gasteiger partial charge is 0.384 e. The van der Waals surface area contributed by atoms with Crippen LogP contribution in [0, 0.1) is 5.41 Å². The first kappa shape index (κ1) is 28.1. The summed E-state index contributed by atoms with van der Waals surface area (Å²) in [4.78, 5) is 27.6. The van der Waals surface area contributed by atoms with Crippen LogP contribution in [0.2, 0.25) is 0 Å². The van der Waals surface area contributed by atoms with Gasteiger partial charge < -0.3 is 16.4 Å². The van der Waals surface area contributed by atoms with Gasteiger partial charge in [0.2, 0.25) is 5.91 Å². The fraction of sp³-hybridized carbons (Fsp3) is 0.250. The molecule has 1 unspecified atom stereocenters. The van der Waals surface area contributed by atoms with Crippen LogP contribution >= 0.6 is 0 Å². The van der Waals surface area contributed by atoms with Crippen molar-refractivity contribution in [2.45, 2.75) is 36.9 Å². The molecule has 1 saturated heterocycles. The molecule has 11 heteroatoms. The summed E-state index contributed by atoms with van der Waals surface area (Å²) in [6.45, 7) is 0.681. The van der Waals surface area contributed by atoms with Gasteiger partial charge in [-0.15, -0.1) is 0 Å². The van der Waals surface area contributed by atoms with Crippen molar-refractivity contribution in [2.24, 2.45) is 10.9 Å². The van der Waals surface area contributed by atoms with E-state index < -0.39 is 40.2 Å². The number of amides is 1. The molecular weight excluding hydrogens is 516 g/mol. The quantitative estimate of drug-likeness (QED) is 0.156. The molecule has 1 heterocycles. The average molecular weight is 549 g/mol. The van der Waals surface area contributed by atoms with Crippen LogP contribution in [0.15, 0.2) is 84.9 Å². The Labute approximate surface area is 227 Å². The summed E-state index contributed by atoms with van der Waals surface area (Å²) in [6, 6.07) is 21.6. The number of hydrogen-bond donors (Lipinski definition) is 6. The fourth-order valence-electron chi connectivity index (χ4n) is 4.88. The first-order valence-corrected chi connectivity index (χ1v) is 14.1. The van der Waals surface area contributed by atoms with Crippen LogP contribution in [0.4, 0.5) is 0 Å². The summed E-state index contributed by atoms with van der Waals surface area (Å²) in [5.74, 6) is -1.83. The Morgan fingerprint density at radius 2 is 1.46 bits per heavy atom. The molecule has 1 aliphatic rings. The first-order valence-electron chi connectivity index (χ1n) is 12.6. The van der Waals surface area contributed by atoms with E-state index >= 15 is 0 Å². The average Bonchev–Trinajstić information content (AvgIpc) is 3.47. The van der Waals surface area contributed by atoms with E-state index in [1.165, 1.54) is 0 Å². The highest BCUT2D eigenvalue weighted by atomic mass is 32.2. The zero-order valence-corrected chi connectivity index (χ0v) is 22.0. The third kappa shape index (κ3) is 7.15. The zero-order chi connectivity index (χ0) is 28.0. The van der Waals surface area contributed by atoms with Crippen LogP contribution < -0.4 is 26.2 Å². The van der Waals surface area contributed by atoms with Gasteiger partial charge in [0.15, 0.2) is 5.78 Å². The molecule has 10 nitrogen and oxygen atoms in total. The number of amidine groups is 1. The fourth-order valence-corrected chi connectivity index (χ4v) is 5.48. The standard InChI is InChI=1S/C28H32N6O4S/c29-27(30)21-15-13-20(14-16-21)24(26(35)22-12-7-17-32-22)33-28(36)25(34-39(31,37)38)23(18-8-3-1-4-9-18)19-10-5-2-6-11-19/h1-6,8-11,13-16,22-25,32,34H,7,12,17H2,(H3,29,30)(H,33,36)(H2,31,37,38)/t22-,24?,25+/m0/s1. The number of ketones is 1. The van der Waals surface area contributed by atoms with Gasteiger partial charge in [0.25, 0.3) is 10.2 Å². The molecule has 0 radical (unpaired) electrons. The lowest BCUT2D eigenvalue weighted by Crippen LogP contribution is -2.54. The van der Waals surface area contributed by atoms with Gasteiger partial charge in [-0.1, -0.05) is 84.9 Å². The van der Waals surface area contributed by atoms with E-state index in [9.17, 15) is 18.0 Å². The topological polar surface area (TPSA) is 180 Å². The van der Waals surface area contributed by atoms with Gasteiger partial charge in [0.1, 0.15) is 17.9 Å². The van der Waals surface area contributed by atoms with Crippen LogP contribution in [-0.4, -0.2) is 44.6 Å². The molecule has 3 atom stereocenters. The van der Waals surface area contributed by atoms with E-state index in [0.717, 1.165) is 6.42 Å². The maximum Gasteiger partial charge on any atom is 0.275 e. The van der Waals surface area contributed by atoms with E-state index in [1.54, 1.807) is 72.8 Å². The molecule has 39 heavy (non-hydrogen) atoms. The molecule has 0 aliphatic carbocycles. The van der Waals surface area contributed by atoms with E-state index in [-0.39, 0.29) is 11.6 Å². The third-order valence-corrected chi connectivity index (χ3v) is 7.34. The van der Waals surface area contributed by atoms with Gasteiger partial charge >= 0.3 is 0 Å². The number of Topliss-reactive ketones (excluding diaryl/α,β-unsaturated/α-hetero) is 1. The highest BCUT2D eigenvalue weighted by Gasteiger charge is 2.37. The molecule has 3 aromatic carbocycles. The number of nitrogens with one attached hydrogen (secondary N) is 4. The van der Waals surface area contributed by atoms with Crippen molar-refractivity contribution in [2.75, 3.05) is 6.54 Å². The Kier molecular flexibility index (Phi) is 8.87. The lowest BCUT2D eigenvalue weighted by Gasteiger charge is -2.30. The van der Waals surface area contributed by atoms with Crippen molar-refractivity contribution < 1.29 is 18.0 Å². The van der Waals surface area contributed by atoms with Crippen molar-refractivity contribution in [3.63, 3.8) is 0 Å². The van der Waals surface area contributed by atoms with Crippen molar-refractivity contribution in [3.05, 3.63) is 107 Å². The molecule has 4 rings (SSSR count). The number of carbonyl (C=O) groups is 2. The summed E-state index contributed by atoms with van der Waals surface area (Å²) in [5, 5.41) is 19.0. The van der Waals surface area contributed by atoms with E-state index in [0.29, 0.717) is 35.2 Å². The number of nitrogen functional groups attached to an aromatic ring is 1. The van der Waals surface area contributed by atoms with Gasteiger partial charge in [0, 0.05) is 11.5 Å². The molecule has 0 saturated carbocycles. The van der Waals surface area contributed by atoms with Crippen LogP contribution in [0.5, 0.6) is 0 Å². The van der Waals surface area contributed by atoms with Crippen molar-refractivity contribution >= 4 is 27.7 Å². The van der Waals surface area contributed by atoms with Gasteiger partial charge in [-0.05, 0) is 36.1 Å². The molecule has 0 spiro atoms. The maximum atomic E-state index is 14.0. The van der Waals surface area contributed by atoms with Crippen LogP contribution in [0.1, 0.15) is 47.1 Å². The molecule has 0 bridgehead atoms. The molecule has 204 valence electrons. The Balaban J connectivity index is 1.75. The Hall–Kier alpha value is -3.90. The maximum absolute atomic E-state index is 14.0. The second kappa shape index (κ2) is 12.3. The SMILES string of the molecule is N=C(N)c1ccc(C(NC(=O)[C@H](NS(N)(=O)=O)C(c2ccccc2)c2ccccc2)C(=O)[C@@H]2CCCN2)cc1. The Bertz CT molecular complexity index is 1370. The van der Waals surface area contributed by atoms with Crippen LogP contribution in [-0.2, 0) is 19.8 Å². The molecule has 1 amide bonds. The summed E-state index contributed by atoms with van der Waals surface area (Å²) in [6.07, 6.45) is 1.44. The van der Waals surface area contributed by atoms with Gasteiger partial charge in [-0.3, -0.25) is 15.0 Å². The normalized spacial score (nSPS) is 16.9. The summed E-state index contributed by atoms with van der Waals surface area (Å²) in [7, 11) is -4.33. The second-order valence-electron chi connectivity index (χ2n) is 9.47. The van der Waals surface area contributed by atoms with Crippen LogP contribution in [0.25, 0.3) is 0 Å². The third-order valence-electron chi connectivity index (χ3n) is 6.75. The van der Waals surface area contributed by atoms with E-state index in [4.69, 9.17) is 16.3 Å². The predicted octanol–water partition coefficient (Wildman–Crippen LogP) is 1.44. The number of rotatable bonds is 11. The molecule has 1 fully saturated rings. The highest BCUT2D eigenvalue weighted by molar-refractivity contribution is 7.87. The summed E-state index contributed by atoms with van der Waals surface area (Å²) < 4.78 is 26.9. The Morgan fingerprint density at radius 1 is 0.897 bits per heavy atom. The molecule has 3 aromatic rings. The zero-order valence-electron chi connectivity index (χ0n) is 21.2. The van der Waals surface area contributed by atoms with E-state index in [1.807, 2.05) is 12.1 Å². The molecule has 1 aliphatic heterocycles. The minimum Gasteiger partial charge on any atom is -0.384 e. The minimum absolute atomic E-state index is 0.128. The second-order valence-corrected chi connectivity index (χ2v) is 10.8. The van der Waals surface area contributed by atoms with E-state index in [2.05, 4.69) is 15.4 Å². The van der Waals surface area contributed by atoms with Crippen molar-refractivity contribution in [1.29, 1.82) is 5.41 Å². The smallest absolute Gasteiger partial charge is 0.275 e. The molecular formula is C28H32N6O4S. The molecule has 0 aromatic heterocycles. The number of carbonyl (C=O) groups excluding carboxylic acids is 2. The predicted molar refractivity (Wildman–Crippen MR) is 149 cm³/mol. The van der Waals surface area contributed by atoms with Crippen molar-refractivity contribution in [3.8, 4) is 0 Å². The summed E-state index contributed by atoms with van der Waals surface area (Å²) in [5.41, 5.74) is 7.91. The monoisotopic (exact) mass is 548 g/mol. The number of hydrogen-bond acceptors (Lipinski definition) is 6.